The van der Waals surface area contributed by atoms with Gasteiger partial charge in [-0.3, -0.25) is 9.47 Å². The molecule has 0 radical (unpaired) electrons. The monoisotopic (exact) mass is 359 g/mol. The molecule has 0 amide bonds. The number of rotatable bonds is 4. The zero-order chi connectivity index (χ0) is 17.1. The smallest absolute Gasteiger partial charge is 0.218 e. The van der Waals surface area contributed by atoms with Crippen LogP contribution >= 0.6 is 11.3 Å². The number of piperidine rings is 1. The molecule has 4 heterocycles. The van der Waals surface area contributed by atoms with Gasteiger partial charge >= 0.3 is 0 Å². The molecular weight excluding hydrogens is 330 g/mol. The molecular formula is C19H29N5S. The molecule has 136 valence electrons. The van der Waals surface area contributed by atoms with Crippen molar-refractivity contribution in [1.82, 2.24) is 19.7 Å². The SMILES string of the molecule is CC1CCN(c2nnc(-n3cccc3CN3CCCCCC3)s2)CC1. The van der Waals surface area contributed by atoms with Crippen LogP contribution in [-0.2, 0) is 6.54 Å². The minimum absolute atomic E-state index is 0.841. The molecule has 2 aliphatic rings. The first-order valence-corrected chi connectivity index (χ1v) is 10.6. The molecule has 0 atom stereocenters. The van der Waals surface area contributed by atoms with Crippen molar-refractivity contribution in [2.45, 2.75) is 52.0 Å². The first kappa shape index (κ1) is 17.0. The molecule has 0 unspecified atom stereocenters. The molecule has 2 aliphatic heterocycles. The van der Waals surface area contributed by atoms with E-state index < -0.39 is 0 Å². The van der Waals surface area contributed by atoms with Gasteiger partial charge in [-0.05, 0) is 56.8 Å². The lowest BCUT2D eigenvalue weighted by molar-refractivity contribution is 0.272. The quantitative estimate of drug-likeness (QED) is 0.828. The van der Waals surface area contributed by atoms with Gasteiger partial charge < -0.3 is 4.90 Å². The van der Waals surface area contributed by atoms with Crippen LogP contribution in [0.25, 0.3) is 5.13 Å². The number of hydrogen-bond acceptors (Lipinski definition) is 5. The summed E-state index contributed by atoms with van der Waals surface area (Å²) in [7, 11) is 0. The molecule has 0 bridgehead atoms. The summed E-state index contributed by atoms with van der Waals surface area (Å²) in [5, 5.41) is 11.1. The van der Waals surface area contributed by atoms with E-state index in [-0.39, 0.29) is 0 Å². The van der Waals surface area contributed by atoms with Gasteiger partial charge in [-0.1, -0.05) is 31.1 Å². The van der Waals surface area contributed by atoms with E-state index in [4.69, 9.17) is 0 Å². The second-order valence-electron chi connectivity index (χ2n) is 7.60. The normalized spacial score (nSPS) is 20.8. The Bertz CT molecular complexity index is 663. The maximum atomic E-state index is 4.50. The Morgan fingerprint density at radius 1 is 1.00 bits per heavy atom. The first-order chi connectivity index (χ1) is 12.3. The Hall–Kier alpha value is -1.40. The van der Waals surface area contributed by atoms with Crippen LogP contribution < -0.4 is 4.90 Å². The molecule has 6 heteroatoms. The van der Waals surface area contributed by atoms with Crippen molar-refractivity contribution < 1.29 is 0 Å². The van der Waals surface area contributed by atoms with Crippen molar-refractivity contribution in [2.75, 3.05) is 31.1 Å². The Morgan fingerprint density at radius 2 is 1.72 bits per heavy atom. The fourth-order valence-electron chi connectivity index (χ4n) is 3.89. The second-order valence-corrected chi connectivity index (χ2v) is 8.53. The summed E-state index contributed by atoms with van der Waals surface area (Å²) in [6.45, 7) is 8.03. The van der Waals surface area contributed by atoms with Crippen LogP contribution in [-0.4, -0.2) is 45.8 Å². The Morgan fingerprint density at radius 3 is 2.48 bits per heavy atom. The summed E-state index contributed by atoms with van der Waals surface area (Å²) in [6.07, 6.45) is 10.1. The predicted molar refractivity (Wildman–Crippen MR) is 104 cm³/mol. The zero-order valence-electron chi connectivity index (χ0n) is 15.2. The van der Waals surface area contributed by atoms with Crippen molar-refractivity contribution >= 4 is 16.5 Å². The van der Waals surface area contributed by atoms with E-state index in [0.29, 0.717) is 0 Å². The van der Waals surface area contributed by atoms with Gasteiger partial charge in [0.05, 0.1) is 0 Å². The molecule has 0 aliphatic carbocycles. The highest BCUT2D eigenvalue weighted by Gasteiger charge is 2.20. The maximum absolute atomic E-state index is 4.50. The number of anilines is 1. The van der Waals surface area contributed by atoms with Gasteiger partial charge in [-0.2, -0.15) is 0 Å². The van der Waals surface area contributed by atoms with Crippen LogP contribution in [0, 0.1) is 5.92 Å². The van der Waals surface area contributed by atoms with Crippen molar-refractivity contribution in [3.63, 3.8) is 0 Å². The Balaban J connectivity index is 1.46. The van der Waals surface area contributed by atoms with E-state index >= 15 is 0 Å². The summed E-state index contributed by atoms with van der Waals surface area (Å²) in [5.41, 5.74) is 1.33. The van der Waals surface area contributed by atoms with E-state index in [1.807, 2.05) is 0 Å². The predicted octanol–water partition coefficient (Wildman–Crippen LogP) is 3.94. The number of likely N-dealkylation sites (tertiary alicyclic amines) is 1. The molecule has 2 fully saturated rings. The van der Waals surface area contributed by atoms with Crippen LogP contribution in [0.5, 0.6) is 0 Å². The van der Waals surface area contributed by atoms with Crippen molar-refractivity contribution in [3.05, 3.63) is 24.0 Å². The molecule has 0 aromatic carbocycles. The molecule has 4 rings (SSSR count). The van der Waals surface area contributed by atoms with Gasteiger partial charge in [-0.25, -0.2) is 0 Å². The number of hydrogen-bond donors (Lipinski definition) is 0. The van der Waals surface area contributed by atoms with Crippen molar-refractivity contribution in [1.29, 1.82) is 0 Å². The maximum Gasteiger partial charge on any atom is 0.218 e. The van der Waals surface area contributed by atoms with E-state index in [9.17, 15) is 0 Å². The van der Waals surface area contributed by atoms with E-state index in [0.717, 1.165) is 35.8 Å². The number of aromatic nitrogens is 3. The topological polar surface area (TPSA) is 37.2 Å². The molecule has 2 aromatic heterocycles. The van der Waals surface area contributed by atoms with Gasteiger partial charge in [0.2, 0.25) is 10.3 Å². The largest absolute Gasteiger partial charge is 0.347 e. The van der Waals surface area contributed by atoms with Gasteiger partial charge in [0.25, 0.3) is 0 Å². The average molecular weight is 360 g/mol. The highest BCUT2D eigenvalue weighted by molar-refractivity contribution is 7.17. The molecule has 2 saturated heterocycles. The highest BCUT2D eigenvalue weighted by atomic mass is 32.1. The second kappa shape index (κ2) is 7.87. The van der Waals surface area contributed by atoms with Crippen LogP contribution in [0.1, 0.15) is 51.1 Å². The summed E-state index contributed by atoms with van der Waals surface area (Å²) in [6, 6.07) is 4.37. The lowest BCUT2D eigenvalue weighted by atomic mass is 10.00. The average Bonchev–Trinajstić information content (AvgIpc) is 3.20. The molecule has 0 spiro atoms. The highest BCUT2D eigenvalue weighted by Crippen LogP contribution is 2.28. The molecule has 0 saturated carbocycles. The fraction of sp³-hybridized carbons (Fsp3) is 0.684. The third-order valence-corrected chi connectivity index (χ3v) is 6.56. The Labute approximate surface area is 154 Å². The van der Waals surface area contributed by atoms with Gasteiger partial charge in [-0.15, -0.1) is 10.2 Å². The minimum Gasteiger partial charge on any atom is -0.347 e. The number of nitrogens with zero attached hydrogens (tertiary/aromatic N) is 5. The lowest BCUT2D eigenvalue weighted by Gasteiger charge is -2.29. The molecule has 5 nitrogen and oxygen atoms in total. The van der Waals surface area contributed by atoms with Crippen LogP contribution in [0.2, 0.25) is 0 Å². The van der Waals surface area contributed by atoms with E-state index in [1.165, 1.54) is 57.3 Å². The third kappa shape index (κ3) is 4.06. The summed E-state index contributed by atoms with van der Waals surface area (Å²) in [5.74, 6) is 0.841. The molecule has 2 aromatic rings. The van der Waals surface area contributed by atoms with Crippen LogP contribution in [0.15, 0.2) is 18.3 Å². The minimum atomic E-state index is 0.841. The third-order valence-electron chi connectivity index (χ3n) is 5.58. The summed E-state index contributed by atoms with van der Waals surface area (Å²) >= 11 is 1.73. The van der Waals surface area contributed by atoms with Crippen LogP contribution in [0.3, 0.4) is 0 Å². The molecule has 25 heavy (non-hydrogen) atoms. The summed E-state index contributed by atoms with van der Waals surface area (Å²) in [4.78, 5) is 4.99. The molecule has 0 N–H and O–H groups in total. The fourth-order valence-corrected chi connectivity index (χ4v) is 4.80. The van der Waals surface area contributed by atoms with E-state index in [1.54, 1.807) is 11.3 Å². The summed E-state index contributed by atoms with van der Waals surface area (Å²) < 4.78 is 2.23. The van der Waals surface area contributed by atoms with E-state index in [2.05, 4.69) is 49.8 Å². The zero-order valence-corrected chi connectivity index (χ0v) is 16.0. The van der Waals surface area contributed by atoms with Gasteiger partial charge in [0.15, 0.2) is 0 Å². The standard InChI is InChI=1S/C19H29N5S/c1-16-8-13-23(14-9-16)18-20-21-19(25-18)24-12-6-7-17(24)15-22-10-4-2-3-5-11-22/h6-7,12,16H,2-5,8-11,13-15H2,1H3. The lowest BCUT2D eigenvalue weighted by Crippen LogP contribution is -2.32. The Kier molecular flexibility index (Phi) is 5.36. The first-order valence-electron chi connectivity index (χ1n) is 9.77. The van der Waals surface area contributed by atoms with Crippen molar-refractivity contribution in [3.8, 4) is 5.13 Å². The van der Waals surface area contributed by atoms with Gasteiger partial charge in [0, 0.05) is 31.5 Å². The van der Waals surface area contributed by atoms with Gasteiger partial charge in [0.1, 0.15) is 0 Å². The van der Waals surface area contributed by atoms with Crippen LogP contribution in [0.4, 0.5) is 5.13 Å². The van der Waals surface area contributed by atoms with Crippen molar-refractivity contribution in [2.24, 2.45) is 5.92 Å².